The van der Waals surface area contributed by atoms with Crippen molar-refractivity contribution in [3.63, 3.8) is 0 Å². The van der Waals surface area contributed by atoms with Crippen LogP contribution in [0.25, 0.3) is 0 Å². The molecule has 0 amide bonds. The molecule has 9 heteroatoms. The number of aromatic carboxylic acids is 2. The van der Waals surface area contributed by atoms with Crippen molar-refractivity contribution in [2.75, 3.05) is 16.4 Å². The van der Waals surface area contributed by atoms with Crippen molar-refractivity contribution in [2.24, 2.45) is 0 Å². The highest BCUT2D eigenvalue weighted by molar-refractivity contribution is 5.89. The summed E-state index contributed by atoms with van der Waals surface area (Å²) in [7, 11) is 0. The van der Waals surface area contributed by atoms with Crippen LogP contribution in [0.4, 0.5) is 28.7 Å². The highest BCUT2D eigenvalue weighted by Gasteiger charge is 2.10. The van der Waals surface area contributed by atoms with Gasteiger partial charge in [0.25, 0.3) is 0 Å². The van der Waals surface area contributed by atoms with Crippen molar-refractivity contribution in [1.29, 1.82) is 0 Å². The van der Waals surface area contributed by atoms with Gasteiger partial charge in [-0.3, -0.25) is 0 Å². The predicted molar refractivity (Wildman–Crippen MR) is 99.8 cm³/mol. The van der Waals surface area contributed by atoms with E-state index in [-0.39, 0.29) is 16.8 Å². The minimum absolute atomic E-state index is 0.170. The van der Waals surface area contributed by atoms with Crippen LogP contribution in [0.1, 0.15) is 20.7 Å². The van der Waals surface area contributed by atoms with Crippen molar-refractivity contribution in [3.8, 4) is 0 Å². The van der Waals surface area contributed by atoms with Gasteiger partial charge in [-0.15, -0.1) is 0 Å². The topological polar surface area (TPSA) is 150 Å². The van der Waals surface area contributed by atoms with Crippen LogP contribution in [0.3, 0.4) is 0 Å². The Morgan fingerprint density at radius 2 is 1.11 bits per heavy atom. The highest BCUT2D eigenvalue weighted by Crippen LogP contribution is 2.28. The van der Waals surface area contributed by atoms with Crippen LogP contribution in [0.15, 0.2) is 54.9 Å². The van der Waals surface area contributed by atoms with Crippen molar-refractivity contribution < 1.29 is 19.8 Å². The van der Waals surface area contributed by atoms with Crippen molar-refractivity contribution >= 4 is 40.6 Å². The molecule has 2 aromatic carbocycles. The molecule has 0 bridgehead atoms. The van der Waals surface area contributed by atoms with Crippen LogP contribution in [0.5, 0.6) is 0 Å². The molecule has 9 nitrogen and oxygen atoms in total. The monoisotopic (exact) mass is 365 g/mol. The smallest absolute Gasteiger partial charge is 0.335 e. The number of anilines is 5. The molecular weight excluding hydrogens is 350 g/mol. The summed E-state index contributed by atoms with van der Waals surface area (Å²) in [5.74, 6) is -1.33. The van der Waals surface area contributed by atoms with E-state index in [2.05, 4.69) is 20.6 Å². The number of hydrogen-bond acceptors (Lipinski definition) is 7. The van der Waals surface area contributed by atoms with Gasteiger partial charge in [-0.1, -0.05) is 0 Å². The van der Waals surface area contributed by atoms with E-state index in [0.29, 0.717) is 23.0 Å². The van der Waals surface area contributed by atoms with Gasteiger partial charge in [-0.2, -0.15) is 0 Å². The molecule has 1 aromatic heterocycles. The van der Waals surface area contributed by atoms with E-state index in [1.165, 1.54) is 30.6 Å². The molecule has 1 heterocycles. The molecule has 0 aliphatic carbocycles. The number of nitrogens with two attached hydrogens (primary N) is 1. The van der Waals surface area contributed by atoms with E-state index in [0.717, 1.165) is 0 Å². The fourth-order valence-electron chi connectivity index (χ4n) is 2.26. The van der Waals surface area contributed by atoms with Crippen LogP contribution in [0, 0.1) is 0 Å². The van der Waals surface area contributed by atoms with Gasteiger partial charge in [0.1, 0.15) is 12.0 Å². The number of nitrogens with one attached hydrogen (secondary N) is 2. The third kappa shape index (κ3) is 4.10. The van der Waals surface area contributed by atoms with Gasteiger partial charge in [0.15, 0.2) is 11.6 Å². The molecule has 0 spiro atoms. The van der Waals surface area contributed by atoms with Gasteiger partial charge in [-0.25, -0.2) is 19.6 Å². The van der Waals surface area contributed by atoms with Gasteiger partial charge in [0.2, 0.25) is 0 Å². The summed E-state index contributed by atoms with van der Waals surface area (Å²) in [6.45, 7) is 0. The number of nitrogens with zero attached hydrogens (tertiary/aromatic N) is 2. The summed E-state index contributed by atoms with van der Waals surface area (Å²) in [5, 5.41) is 23.9. The number of rotatable bonds is 6. The number of nitrogen functional groups attached to an aromatic ring is 1. The molecule has 27 heavy (non-hydrogen) atoms. The fraction of sp³-hybridized carbons (Fsp3) is 0. The molecule has 0 saturated heterocycles. The summed E-state index contributed by atoms with van der Waals surface area (Å²) in [5.41, 5.74) is 7.91. The fourth-order valence-corrected chi connectivity index (χ4v) is 2.26. The molecule has 0 aliphatic rings. The van der Waals surface area contributed by atoms with Gasteiger partial charge in [0, 0.05) is 11.4 Å². The number of carbonyl (C=O) groups is 2. The molecule has 0 saturated carbocycles. The summed E-state index contributed by atoms with van der Waals surface area (Å²) in [6.07, 6.45) is 1.32. The summed E-state index contributed by atoms with van der Waals surface area (Å²) >= 11 is 0. The first-order valence-electron chi connectivity index (χ1n) is 7.75. The zero-order valence-electron chi connectivity index (χ0n) is 13.9. The Morgan fingerprint density at radius 1 is 0.741 bits per heavy atom. The molecule has 0 unspecified atom stereocenters. The Hall–Kier alpha value is -4.14. The lowest BCUT2D eigenvalue weighted by Gasteiger charge is -2.13. The van der Waals surface area contributed by atoms with Gasteiger partial charge in [0.05, 0.1) is 11.1 Å². The predicted octanol–water partition coefficient (Wildman–Crippen LogP) is 2.94. The summed E-state index contributed by atoms with van der Waals surface area (Å²) < 4.78 is 0. The van der Waals surface area contributed by atoms with E-state index in [9.17, 15) is 9.59 Å². The Bertz CT molecular complexity index is 910. The Labute approximate surface area is 153 Å². The molecule has 0 atom stereocenters. The summed E-state index contributed by atoms with van der Waals surface area (Å²) in [4.78, 5) is 30.0. The molecule has 3 aromatic rings. The lowest BCUT2D eigenvalue weighted by Crippen LogP contribution is -2.05. The van der Waals surface area contributed by atoms with E-state index in [4.69, 9.17) is 15.9 Å². The van der Waals surface area contributed by atoms with Crippen molar-refractivity contribution in [2.45, 2.75) is 0 Å². The van der Waals surface area contributed by atoms with Crippen LogP contribution < -0.4 is 16.4 Å². The van der Waals surface area contributed by atoms with E-state index < -0.39 is 11.9 Å². The normalized spacial score (nSPS) is 10.2. The maximum absolute atomic E-state index is 10.9. The lowest BCUT2D eigenvalue weighted by atomic mass is 10.2. The number of aromatic nitrogens is 2. The Balaban J connectivity index is 1.79. The zero-order valence-corrected chi connectivity index (χ0v) is 13.9. The van der Waals surface area contributed by atoms with Gasteiger partial charge >= 0.3 is 11.9 Å². The number of carboxylic acids is 2. The zero-order chi connectivity index (χ0) is 19.4. The molecular formula is C18H15N5O4. The second-order valence-electron chi connectivity index (χ2n) is 5.50. The number of benzene rings is 2. The second-order valence-corrected chi connectivity index (χ2v) is 5.50. The maximum atomic E-state index is 10.9. The average Bonchev–Trinajstić information content (AvgIpc) is 2.66. The number of hydrogen-bond donors (Lipinski definition) is 5. The molecule has 0 radical (unpaired) electrons. The standard InChI is InChI=1S/C18H15N5O4/c19-14-15(22-12-5-1-10(2-6-12)17(24)25)20-9-21-16(14)23-13-7-3-11(4-8-13)18(26)27/h1-9H,19H2,(H,24,25)(H,26,27)(H2,20,21,22,23). The average molecular weight is 365 g/mol. The van der Waals surface area contributed by atoms with Crippen LogP contribution in [0.2, 0.25) is 0 Å². The summed E-state index contributed by atoms with van der Waals surface area (Å²) in [6, 6.07) is 12.3. The van der Waals surface area contributed by atoms with Crippen LogP contribution in [-0.4, -0.2) is 32.1 Å². The molecule has 136 valence electrons. The third-order valence-electron chi connectivity index (χ3n) is 3.67. The first kappa shape index (κ1) is 17.7. The highest BCUT2D eigenvalue weighted by atomic mass is 16.4. The lowest BCUT2D eigenvalue weighted by molar-refractivity contribution is 0.0686. The first-order chi connectivity index (χ1) is 12.9. The van der Waals surface area contributed by atoms with Gasteiger partial charge in [-0.05, 0) is 48.5 Å². The third-order valence-corrected chi connectivity index (χ3v) is 3.67. The second kappa shape index (κ2) is 7.40. The SMILES string of the molecule is Nc1c(Nc2ccc(C(=O)O)cc2)ncnc1Nc1ccc(C(=O)O)cc1. The van der Waals surface area contributed by atoms with E-state index in [1.807, 2.05) is 0 Å². The molecule has 0 aliphatic heterocycles. The van der Waals surface area contributed by atoms with Gasteiger partial charge < -0.3 is 26.6 Å². The Morgan fingerprint density at radius 3 is 1.44 bits per heavy atom. The van der Waals surface area contributed by atoms with Crippen molar-refractivity contribution in [1.82, 2.24) is 9.97 Å². The van der Waals surface area contributed by atoms with Crippen LogP contribution in [-0.2, 0) is 0 Å². The molecule has 6 N–H and O–H groups in total. The minimum atomic E-state index is -1.01. The van der Waals surface area contributed by atoms with Crippen molar-refractivity contribution in [3.05, 3.63) is 66.0 Å². The first-order valence-corrected chi connectivity index (χ1v) is 7.75. The van der Waals surface area contributed by atoms with E-state index >= 15 is 0 Å². The quantitative estimate of drug-likeness (QED) is 0.444. The van der Waals surface area contributed by atoms with Crippen LogP contribution >= 0.6 is 0 Å². The Kier molecular flexibility index (Phi) is 4.84. The maximum Gasteiger partial charge on any atom is 0.335 e. The molecule has 0 fully saturated rings. The minimum Gasteiger partial charge on any atom is -0.478 e. The van der Waals surface area contributed by atoms with E-state index in [1.54, 1.807) is 24.3 Å². The largest absolute Gasteiger partial charge is 0.478 e. The number of carboxylic acid groups (broad SMARTS) is 2. The molecule has 3 rings (SSSR count).